The average molecular weight is 448 g/mol. The molecule has 5 nitrogen and oxygen atoms in total. The summed E-state index contributed by atoms with van der Waals surface area (Å²) in [5.41, 5.74) is 1.35. The Bertz CT molecular complexity index is 520. The molecule has 0 spiro atoms. The molecule has 1 aliphatic rings. The predicted molar refractivity (Wildman–Crippen MR) is 110 cm³/mol. The Balaban J connectivity index is 0.00000288. The van der Waals surface area contributed by atoms with Crippen molar-refractivity contribution in [2.75, 3.05) is 19.6 Å². The van der Waals surface area contributed by atoms with E-state index in [4.69, 9.17) is 9.41 Å². The number of guanidine groups is 1. The van der Waals surface area contributed by atoms with Crippen LogP contribution >= 0.6 is 24.0 Å². The lowest BCUT2D eigenvalue weighted by molar-refractivity contribution is 0.142. The molecule has 0 radical (unpaired) electrons. The van der Waals surface area contributed by atoms with Crippen LogP contribution in [0.25, 0.3) is 0 Å². The summed E-state index contributed by atoms with van der Waals surface area (Å²) < 4.78 is 5.65. The van der Waals surface area contributed by atoms with Crippen LogP contribution < -0.4 is 5.32 Å². The molecule has 1 fully saturated rings. The Morgan fingerprint density at radius 1 is 1.38 bits per heavy atom. The number of likely N-dealkylation sites (tertiary alicyclic amines) is 1. The number of halogens is 1. The van der Waals surface area contributed by atoms with E-state index in [2.05, 4.69) is 36.0 Å². The van der Waals surface area contributed by atoms with Crippen LogP contribution in [-0.4, -0.2) is 35.5 Å². The maximum atomic E-state index is 5.65. The SMILES string of the molecule is CCCC1(C)CCCN(C(=NCc2nc(C)c(C)o2)NCC)C1.I. The fourth-order valence-electron chi connectivity index (χ4n) is 3.48. The number of aliphatic imine (C=N–C) groups is 1. The number of aromatic nitrogens is 1. The van der Waals surface area contributed by atoms with Crippen molar-refractivity contribution in [1.29, 1.82) is 0 Å². The van der Waals surface area contributed by atoms with Gasteiger partial charge in [-0.25, -0.2) is 9.98 Å². The topological polar surface area (TPSA) is 53.7 Å². The smallest absolute Gasteiger partial charge is 0.216 e. The molecule has 1 atom stereocenters. The second-order valence-corrected chi connectivity index (χ2v) is 7.01. The number of oxazole rings is 1. The van der Waals surface area contributed by atoms with Crippen molar-refractivity contribution in [1.82, 2.24) is 15.2 Å². The Morgan fingerprint density at radius 3 is 2.71 bits per heavy atom. The van der Waals surface area contributed by atoms with E-state index in [-0.39, 0.29) is 24.0 Å². The molecule has 0 aromatic carbocycles. The third-order valence-electron chi connectivity index (χ3n) is 4.71. The third kappa shape index (κ3) is 5.63. The van der Waals surface area contributed by atoms with Gasteiger partial charge in [0.15, 0.2) is 5.96 Å². The summed E-state index contributed by atoms with van der Waals surface area (Å²) in [4.78, 5) is 11.6. The molecule has 0 saturated carbocycles. The summed E-state index contributed by atoms with van der Waals surface area (Å²) in [7, 11) is 0. The van der Waals surface area contributed by atoms with Gasteiger partial charge in [-0.05, 0) is 45.4 Å². The molecule has 1 aliphatic heterocycles. The molecule has 0 aliphatic carbocycles. The quantitative estimate of drug-likeness (QED) is 0.415. The molecule has 24 heavy (non-hydrogen) atoms. The average Bonchev–Trinajstić information content (AvgIpc) is 2.82. The molecule has 138 valence electrons. The zero-order valence-corrected chi connectivity index (χ0v) is 18.1. The fourth-order valence-corrected chi connectivity index (χ4v) is 3.48. The first kappa shape index (κ1) is 21.3. The number of piperidine rings is 1. The lowest BCUT2D eigenvalue weighted by Gasteiger charge is -2.42. The maximum Gasteiger partial charge on any atom is 0.216 e. The van der Waals surface area contributed by atoms with Gasteiger partial charge in [-0.15, -0.1) is 24.0 Å². The summed E-state index contributed by atoms with van der Waals surface area (Å²) in [5, 5.41) is 3.43. The molecule has 6 heteroatoms. The molecule has 1 N–H and O–H groups in total. The Morgan fingerprint density at radius 2 is 2.12 bits per heavy atom. The van der Waals surface area contributed by atoms with Crippen molar-refractivity contribution in [2.24, 2.45) is 10.4 Å². The van der Waals surface area contributed by atoms with E-state index in [1.165, 1.54) is 25.7 Å². The minimum atomic E-state index is 0. The van der Waals surface area contributed by atoms with Gasteiger partial charge in [0.25, 0.3) is 0 Å². The number of nitrogens with zero attached hydrogens (tertiary/aromatic N) is 3. The van der Waals surface area contributed by atoms with Gasteiger partial charge >= 0.3 is 0 Å². The van der Waals surface area contributed by atoms with E-state index in [1.54, 1.807) is 0 Å². The number of hydrogen-bond acceptors (Lipinski definition) is 3. The van der Waals surface area contributed by atoms with Crippen LogP contribution in [0.15, 0.2) is 9.41 Å². The van der Waals surface area contributed by atoms with Gasteiger partial charge in [0.2, 0.25) is 5.89 Å². The van der Waals surface area contributed by atoms with Crippen molar-refractivity contribution in [3.63, 3.8) is 0 Å². The van der Waals surface area contributed by atoms with Gasteiger partial charge in [-0.2, -0.15) is 0 Å². The highest BCUT2D eigenvalue weighted by molar-refractivity contribution is 14.0. The molecule has 1 aromatic rings. The predicted octanol–water partition coefficient (Wildman–Crippen LogP) is 4.28. The van der Waals surface area contributed by atoms with Crippen LogP contribution in [0.4, 0.5) is 0 Å². The molecular weight excluding hydrogens is 415 g/mol. The lowest BCUT2D eigenvalue weighted by atomic mass is 9.78. The highest BCUT2D eigenvalue weighted by atomic mass is 127. The Labute approximate surface area is 163 Å². The van der Waals surface area contributed by atoms with Crippen LogP contribution in [0.3, 0.4) is 0 Å². The number of hydrogen-bond donors (Lipinski definition) is 1. The zero-order valence-electron chi connectivity index (χ0n) is 15.8. The lowest BCUT2D eigenvalue weighted by Crippen LogP contribution is -2.49. The standard InChI is InChI=1S/C18H32N4O.HI/c1-6-9-18(5)10-8-11-22(13-18)17(19-7-2)20-12-16-21-14(3)15(4)23-16;/h6-13H2,1-5H3,(H,19,20);1H. The van der Waals surface area contributed by atoms with Gasteiger partial charge in [-0.1, -0.05) is 20.3 Å². The van der Waals surface area contributed by atoms with Crippen molar-refractivity contribution in [3.8, 4) is 0 Å². The van der Waals surface area contributed by atoms with Gasteiger partial charge in [0.05, 0.1) is 5.69 Å². The monoisotopic (exact) mass is 448 g/mol. The Hall–Kier alpha value is -0.790. The minimum Gasteiger partial charge on any atom is -0.444 e. The third-order valence-corrected chi connectivity index (χ3v) is 4.71. The van der Waals surface area contributed by atoms with Crippen LogP contribution in [0, 0.1) is 19.3 Å². The molecule has 1 unspecified atom stereocenters. The summed E-state index contributed by atoms with van der Waals surface area (Å²) in [5.74, 6) is 2.57. The number of aryl methyl sites for hydroxylation is 2. The van der Waals surface area contributed by atoms with Gasteiger partial charge in [-0.3, -0.25) is 0 Å². The van der Waals surface area contributed by atoms with Crippen molar-refractivity contribution < 1.29 is 4.42 Å². The van der Waals surface area contributed by atoms with Crippen molar-refractivity contribution >= 4 is 29.9 Å². The highest BCUT2D eigenvalue weighted by Crippen LogP contribution is 2.33. The van der Waals surface area contributed by atoms with Crippen LogP contribution in [-0.2, 0) is 6.54 Å². The number of nitrogens with one attached hydrogen (secondary N) is 1. The second kappa shape index (κ2) is 9.63. The van der Waals surface area contributed by atoms with E-state index in [1.807, 2.05) is 13.8 Å². The summed E-state index contributed by atoms with van der Waals surface area (Å²) >= 11 is 0. The summed E-state index contributed by atoms with van der Waals surface area (Å²) in [6.07, 6.45) is 5.07. The molecule has 1 saturated heterocycles. The largest absolute Gasteiger partial charge is 0.444 e. The first-order chi connectivity index (χ1) is 11.0. The zero-order chi connectivity index (χ0) is 16.9. The molecular formula is C18H33IN4O. The highest BCUT2D eigenvalue weighted by Gasteiger charge is 2.31. The van der Waals surface area contributed by atoms with Gasteiger partial charge in [0, 0.05) is 19.6 Å². The summed E-state index contributed by atoms with van der Waals surface area (Å²) in [6.45, 7) is 14.3. The fraction of sp³-hybridized carbons (Fsp3) is 0.778. The van der Waals surface area contributed by atoms with E-state index in [0.717, 1.165) is 37.0 Å². The van der Waals surface area contributed by atoms with Crippen LogP contribution in [0.1, 0.15) is 63.8 Å². The number of rotatable bonds is 5. The van der Waals surface area contributed by atoms with E-state index in [0.29, 0.717) is 17.9 Å². The van der Waals surface area contributed by atoms with Gasteiger partial charge in [0.1, 0.15) is 12.3 Å². The van der Waals surface area contributed by atoms with Crippen LogP contribution in [0.5, 0.6) is 0 Å². The molecule has 2 heterocycles. The van der Waals surface area contributed by atoms with Crippen molar-refractivity contribution in [3.05, 3.63) is 17.3 Å². The first-order valence-corrected chi connectivity index (χ1v) is 8.93. The van der Waals surface area contributed by atoms with E-state index >= 15 is 0 Å². The molecule has 1 aromatic heterocycles. The maximum absolute atomic E-state index is 5.65. The molecule has 0 bridgehead atoms. The molecule has 2 rings (SSSR count). The Kier molecular flexibility index (Phi) is 8.53. The van der Waals surface area contributed by atoms with E-state index < -0.39 is 0 Å². The van der Waals surface area contributed by atoms with E-state index in [9.17, 15) is 0 Å². The van der Waals surface area contributed by atoms with Crippen molar-refractivity contribution in [2.45, 2.75) is 66.8 Å². The normalized spacial score (nSPS) is 21.5. The van der Waals surface area contributed by atoms with Gasteiger partial charge < -0.3 is 14.6 Å². The second-order valence-electron chi connectivity index (χ2n) is 7.01. The van der Waals surface area contributed by atoms with Crippen LogP contribution in [0.2, 0.25) is 0 Å². The molecule has 0 amide bonds. The first-order valence-electron chi connectivity index (χ1n) is 8.93. The minimum absolute atomic E-state index is 0. The summed E-state index contributed by atoms with van der Waals surface area (Å²) in [6, 6.07) is 0.